The van der Waals surface area contributed by atoms with Gasteiger partial charge in [0.05, 0.1) is 18.0 Å². The van der Waals surface area contributed by atoms with Gasteiger partial charge in [0.2, 0.25) is 11.8 Å². The molecule has 0 saturated carbocycles. The van der Waals surface area contributed by atoms with Gasteiger partial charge in [-0.2, -0.15) is 0 Å². The number of carbonyl (C=O) groups excluding carboxylic acids is 3. The van der Waals surface area contributed by atoms with Crippen molar-refractivity contribution in [1.29, 1.82) is 0 Å². The maximum absolute atomic E-state index is 12.3. The molecular weight excluding hydrogens is 376 g/mol. The third kappa shape index (κ3) is 6.79. The van der Waals surface area contributed by atoms with Crippen LogP contribution in [0.25, 0.3) is 0 Å². The van der Waals surface area contributed by atoms with E-state index in [0.29, 0.717) is 22.8 Å². The number of nitrogens with zero attached hydrogens (tertiary/aromatic N) is 2. The lowest BCUT2D eigenvalue weighted by Gasteiger charge is -2.22. The average molecular weight is 403 g/mol. The van der Waals surface area contributed by atoms with Crippen LogP contribution < -0.4 is 10.6 Å². The highest BCUT2D eigenvalue weighted by atomic mass is 32.1. The SMILES string of the molecule is CCCN(CC(=O)Nc1ccc(NC(=O)c2cccs2)cc1)CC(=O)N(C)C. The van der Waals surface area contributed by atoms with Gasteiger partial charge in [0, 0.05) is 25.5 Å². The van der Waals surface area contributed by atoms with Crippen LogP contribution in [0, 0.1) is 0 Å². The Morgan fingerprint density at radius 2 is 1.61 bits per heavy atom. The Labute approximate surface area is 169 Å². The van der Waals surface area contributed by atoms with E-state index in [1.807, 2.05) is 23.3 Å². The lowest BCUT2D eigenvalue weighted by Crippen LogP contribution is -2.41. The molecule has 0 unspecified atom stereocenters. The molecule has 2 rings (SSSR count). The summed E-state index contributed by atoms with van der Waals surface area (Å²) >= 11 is 1.38. The number of amides is 3. The van der Waals surface area contributed by atoms with E-state index >= 15 is 0 Å². The van der Waals surface area contributed by atoms with E-state index in [9.17, 15) is 14.4 Å². The van der Waals surface area contributed by atoms with Gasteiger partial charge in [0.25, 0.3) is 5.91 Å². The van der Waals surface area contributed by atoms with Gasteiger partial charge >= 0.3 is 0 Å². The largest absolute Gasteiger partial charge is 0.348 e. The van der Waals surface area contributed by atoms with Crippen LogP contribution in [0.2, 0.25) is 0 Å². The summed E-state index contributed by atoms with van der Waals surface area (Å²) in [7, 11) is 3.40. The number of hydrogen-bond acceptors (Lipinski definition) is 5. The summed E-state index contributed by atoms with van der Waals surface area (Å²) in [4.78, 5) is 40.3. The minimum Gasteiger partial charge on any atom is -0.348 e. The van der Waals surface area contributed by atoms with Gasteiger partial charge in [0.15, 0.2) is 0 Å². The van der Waals surface area contributed by atoms with Gasteiger partial charge in [-0.15, -0.1) is 11.3 Å². The second-order valence-corrected chi connectivity index (χ2v) is 7.50. The highest BCUT2D eigenvalue weighted by Crippen LogP contribution is 2.16. The van der Waals surface area contributed by atoms with Gasteiger partial charge in [-0.1, -0.05) is 13.0 Å². The predicted octanol–water partition coefficient (Wildman–Crippen LogP) is 2.74. The second-order valence-electron chi connectivity index (χ2n) is 6.56. The molecule has 3 amide bonds. The number of thiophene rings is 1. The van der Waals surface area contributed by atoms with Crippen LogP contribution in [0.1, 0.15) is 23.0 Å². The van der Waals surface area contributed by atoms with Crippen LogP contribution in [0.5, 0.6) is 0 Å². The Morgan fingerprint density at radius 1 is 0.964 bits per heavy atom. The van der Waals surface area contributed by atoms with Crippen LogP contribution in [-0.2, 0) is 9.59 Å². The summed E-state index contributed by atoms with van der Waals surface area (Å²) in [6.07, 6.45) is 0.854. The first kappa shape index (κ1) is 21.6. The first-order valence-electron chi connectivity index (χ1n) is 9.06. The Bertz CT molecular complexity index is 788. The number of likely N-dealkylation sites (N-methyl/N-ethyl adjacent to an activating group) is 1. The molecule has 8 heteroatoms. The lowest BCUT2D eigenvalue weighted by atomic mass is 10.2. The lowest BCUT2D eigenvalue weighted by molar-refractivity contribution is -0.130. The molecule has 0 aliphatic rings. The minimum absolute atomic E-state index is 0.0351. The summed E-state index contributed by atoms with van der Waals surface area (Å²) in [6, 6.07) is 10.5. The van der Waals surface area contributed by atoms with E-state index in [1.54, 1.807) is 44.4 Å². The van der Waals surface area contributed by atoms with Crippen molar-refractivity contribution < 1.29 is 14.4 Å². The number of carbonyl (C=O) groups is 3. The molecule has 0 aliphatic carbocycles. The molecule has 1 aromatic heterocycles. The zero-order valence-electron chi connectivity index (χ0n) is 16.4. The molecule has 7 nitrogen and oxygen atoms in total. The quantitative estimate of drug-likeness (QED) is 0.676. The number of rotatable bonds is 9. The zero-order chi connectivity index (χ0) is 20.5. The topological polar surface area (TPSA) is 81.8 Å². The van der Waals surface area contributed by atoms with E-state index in [4.69, 9.17) is 0 Å². The molecule has 2 N–H and O–H groups in total. The molecule has 0 saturated heterocycles. The van der Waals surface area contributed by atoms with Gasteiger partial charge in [0.1, 0.15) is 0 Å². The third-order valence-corrected chi connectivity index (χ3v) is 4.80. The van der Waals surface area contributed by atoms with Crippen molar-refractivity contribution in [2.75, 3.05) is 44.4 Å². The summed E-state index contributed by atoms with van der Waals surface area (Å²) in [5, 5.41) is 7.49. The highest BCUT2D eigenvalue weighted by Gasteiger charge is 2.15. The molecule has 1 aromatic carbocycles. The Morgan fingerprint density at radius 3 is 2.14 bits per heavy atom. The predicted molar refractivity (Wildman–Crippen MR) is 113 cm³/mol. The minimum atomic E-state index is -0.185. The molecular formula is C20H26N4O3S. The molecule has 0 atom stereocenters. The van der Waals surface area contributed by atoms with Crippen LogP contribution in [0.3, 0.4) is 0 Å². The second kappa shape index (κ2) is 10.6. The Kier molecular flexibility index (Phi) is 8.16. The van der Waals surface area contributed by atoms with E-state index in [1.165, 1.54) is 16.2 Å². The standard InChI is InChI=1S/C20H26N4O3S/c1-4-11-24(14-19(26)23(2)3)13-18(25)21-15-7-9-16(10-8-15)22-20(27)17-6-5-12-28-17/h5-10,12H,4,11,13-14H2,1-3H3,(H,21,25)(H,22,27). The van der Waals surface area contributed by atoms with Crippen molar-refractivity contribution in [3.8, 4) is 0 Å². The average Bonchev–Trinajstić information content (AvgIpc) is 3.18. The monoisotopic (exact) mass is 402 g/mol. The number of nitrogens with one attached hydrogen (secondary N) is 2. The van der Waals surface area contributed by atoms with Crippen molar-refractivity contribution in [3.05, 3.63) is 46.7 Å². The van der Waals surface area contributed by atoms with E-state index in [-0.39, 0.29) is 30.8 Å². The summed E-state index contributed by atoms with van der Waals surface area (Å²) in [6.45, 7) is 3.03. The molecule has 0 fully saturated rings. The summed E-state index contributed by atoms with van der Waals surface area (Å²) in [5.41, 5.74) is 1.29. The number of benzene rings is 1. The van der Waals surface area contributed by atoms with Crippen molar-refractivity contribution in [1.82, 2.24) is 9.80 Å². The molecule has 0 spiro atoms. The van der Waals surface area contributed by atoms with E-state index in [0.717, 1.165) is 6.42 Å². The molecule has 28 heavy (non-hydrogen) atoms. The first-order chi connectivity index (χ1) is 13.4. The molecule has 0 bridgehead atoms. The smallest absolute Gasteiger partial charge is 0.265 e. The van der Waals surface area contributed by atoms with Gasteiger partial charge in [-0.05, 0) is 48.7 Å². The van der Waals surface area contributed by atoms with Crippen LogP contribution in [-0.4, -0.2) is 61.3 Å². The highest BCUT2D eigenvalue weighted by molar-refractivity contribution is 7.12. The molecule has 1 heterocycles. The van der Waals surface area contributed by atoms with Crippen molar-refractivity contribution in [2.24, 2.45) is 0 Å². The fraction of sp³-hybridized carbons (Fsp3) is 0.350. The first-order valence-corrected chi connectivity index (χ1v) is 9.94. The van der Waals surface area contributed by atoms with Crippen LogP contribution in [0.15, 0.2) is 41.8 Å². The third-order valence-electron chi connectivity index (χ3n) is 3.94. The summed E-state index contributed by atoms with van der Waals surface area (Å²) in [5.74, 6) is -0.380. The van der Waals surface area contributed by atoms with Gasteiger partial charge in [-0.3, -0.25) is 19.3 Å². The molecule has 0 radical (unpaired) electrons. The molecule has 2 aromatic rings. The maximum Gasteiger partial charge on any atom is 0.265 e. The van der Waals surface area contributed by atoms with Crippen molar-refractivity contribution in [3.63, 3.8) is 0 Å². The van der Waals surface area contributed by atoms with Crippen molar-refractivity contribution >= 4 is 40.4 Å². The van der Waals surface area contributed by atoms with Crippen LogP contribution in [0.4, 0.5) is 11.4 Å². The van der Waals surface area contributed by atoms with Gasteiger partial charge < -0.3 is 15.5 Å². The fourth-order valence-corrected chi connectivity index (χ4v) is 3.12. The van der Waals surface area contributed by atoms with Crippen LogP contribution >= 0.6 is 11.3 Å². The van der Waals surface area contributed by atoms with E-state index < -0.39 is 0 Å². The van der Waals surface area contributed by atoms with Crippen molar-refractivity contribution in [2.45, 2.75) is 13.3 Å². The zero-order valence-corrected chi connectivity index (χ0v) is 17.2. The number of anilines is 2. The Balaban J connectivity index is 1.88. The summed E-state index contributed by atoms with van der Waals surface area (Å²) < 4.78 is 0. The maximum atomic E-state index is 12.3. The van der Waals surface area contributed by atoms with Gasteiger partial charge in [-0.25, -0.2) is 0 Å². The normalized spacial score (nSPS) is 10.6. The fourth-order valence-electron chi connectivity index (χ4n) is 2.50. The van der Waals surface area contributed by atoms with E-state index in [2.05, 4.69) is 10.6 Å². The Hall–Kier alpha value is -2.71. The molecule has 150 valence electrons. The number of hydrogen-bond donors (Lipinski definition) is 2. The molecule has 0 aliphatic heterocycles.